The van der Waals surface area contributed by atoms with Crippen molar-refractivity contribution in [2.75, 3.05) is 7.11 Å². The second-order valence-corrected chi connectivity index (χ2v) is 5.16. The van der Waals surface area contributed by atoms with E-state index in [-0.39, 0.29) is 11.9 Å². The Balaban J connectivity index is 2.15. The van der Waals surface area contributed by atoms with E-state index in [4.69, 9.17) is 10.5 Å². The number of methoxy groups -OCH3 is 1. The van der Waals surface area contributed by atoms with Crippen molar-refractivity contribution < 1.29 is 9.13 Å². The van der Waals surface area contributed by atoms with Gasteiger partial charge in [0, 0.05) is 11.6 Å². The summed E-state index contributed by atoms with van der Waals surface area (Å²) in [5, 5.41) is 0. The Bertz CT molecular complexity index is 557. The molecule has 2 rings (SSSR count). The molecule has 1 unspecified atom stereocenters. The Hall–Kier alpha value is -1.39. The quantitative estimate of drug-likeness (QED) is 0.927. The highest BCUT2D eigenvalue weighted by Gasteiger charge is 2.14. The van der Waals surface area contributed by atoms with Crippen LogP contribution in [-0.4, -0.2) is 7.11 Å². The van der Waals surface area contributed by atoms with Gasteiger partial charge in [-0.15, -0.1) is 0 Å². The molecule has 0 aromatic heterocycles. The highest BCUT2D eigenvalue weighted by atomic mass is 79.9. The average molecular weight is 324 g/mol. The van der Waals surface area contributed by atoms with Gasteiger partial charge in [-0.05, 0) is 46.1 Å². The van der Waals surface area contributed by atoms with E-state index in [1.807, 2.05) is 24.3 Å². The average Bonchev–Trinajstić information content (AvgIpc) is 2.42. The van der Waals surface area contributed by atoms with Crippen LogP contribution in [0.3, 0.4) is 0 Å². The standard InChI is InChI=1S/C15H15BrFNO/c1-19-11-7-5-10(6-8-11)9-14(18)12-3-2-4-13(16)15(12)17/h2-8,14H,9,18H2,1H3. The summed E-state index contributed by atoms with van der Waals surface area (Å²) in [5.41, 5.74) is 7.64. The van der Waals surface area contributed by atoms with Crippen LogP contribution in [0.25, 0.3) is 0 Å². The van der Waals surface area contributed by atoms with E-state index in [0.29, 0.717) is 16.5 Å². The molecule has 0 fully saturated rings. The molecular formula is C15H15BrFNO. The van der Waals surface area contributed by atoms with E-state index in [0.717, 1.165) is 11.3 Å². The lowest BCUT2D eigenvalue weighted by Crippen LogP contribution is -2.15. The minimum Gasteiger partial charge on any atom is -0.497 e. The Morgan fingerprint density at radius 2 is 1.89 bits per heavy atom. The van der Waals surface area contributed by atoms with Crippen molar-refractivity contribution in [1.82, 2.24) is 0 Å². The fourth-order valence-electron chi connectivity index (χ4n) is 1.93. The zero-order chi connectivity index (χ0) is 13.8. The van der Waals surface area contributed by atoms with Crippen molar-refractivity contribution >= 4 is 15.9 Å². The third kappa shape index (κ3) is 3.33. The van der Waals surface area contributed by atoms with Gasteiger partial charge in [0.05, 0.1) is 11.6 Å². The van der Waals surface area contributed by atoms with Crippen LogP contribution in [-0.2, 0) is 6.42 Å². The molecule has 0 aliphatic rings. The van der Waals surface area contributed by atoms with Crippen molar-refractivity contribution in [3.8, 4) is 5.75 Å². The molecule has 2 aromatic rings. The fraction of sp³-hybridized carbons (Fsp3) is 0.200. The van der Waals surface area contributed by atoms with Gasteiger partial charge in [-0.1, -0.05) is 24.3 Å². The SMILES string of the molecule is COc1ccc(CC(N)c2cccc(Br)c2F)cc1. The molecule has 0 saturated carbocycles. The largest absolute Gasteiger partial charge is 0.497 e. The van der Waals surface area contributed by atoms with E-state index in [9.17, 15) is 4.39 Å². The van der Waals surface area contributed by atoms with Gasteiger partial charge in [-0.3, -0.25) is 0 Å². The normalized spacial score (nSPS) is 12.2. The molecule has 0 saturated heterocycles. The van der Waals surface area contributed by atoms with Crippen LogP contribution >= 0.6 is 15.9 Å². The van der Waals surface area contributed by atoms with Crippen LogP contribution < -0.4 is 10.5 Å². The third-order valence-electron chi connectivity index (χ3n) is 3.00. The Morgan fingerprint density at radius 3 is 2.53 bits per heavy atom. The molecule has 0 amide bonds. The summed E-state index contributed by atoms with van der Waals surface area (Å²) in [5.74, 6) is 0.509. The maximum Gasteiger partial charge on any atom is 0.142 e. The van der Waals surface area contributed by atoms with Crippen molar-refractivity contribution in [2.45, 2.75) is 12.5 Å². The molecule has 1 atom stereocenters. The van der Waals surface area contributed by atoms with E-state index in [1.165, 1.54) is 0 Å². The predicted molar refractivity (Wildman–Crippen MR) is 77.7 cm³/mol. The summed E-state index contributed by atoms with van der Waals surface area (Å²) < 4.78 is 19.5. The Morgan fingerprint density at radius 1 is 1.21 bits per heavy atom. The van der Waals surface area contributed by atoms with Gasteiger partial charge >= 0.3 is 0 Å². The number of ether oxygens (including phenoxy) is 1. The van der Waals surface area contributed by atoms with Crippen LogP contribution in [0, 0.1) is 5.82 Å². The highest BCUT2D eigenvalue weighted by molar-refractivity contribution is 9.10. The smallest absolute Gasteiger partial charge is 0.142 e. The molecule has 0 heterocycles. The first-order valence-electron chi connectivity index (χ1n) is 5.94. The molecule has 0 aliphatic heterocycles. The van der Waals surface area contributed by atoms with Crippen LogP contribution in [0.5, 0.6) is 5.75 Å². The maximum absolute atomic E-state index is 13.9. The second kappa shape index (κ2) is 6.17. The van der Waals surface area contributed by atoms with Crippen molar-refractivity contribution in [1.29, 1.82) is 0 Å². The molecule has 2 N–H and O–H groups in total. The summed E-state index contributed by atoms with van der Waals surface area (Å²) in [6.45, 7) is 0. The zero-order valence-corrected chi connectivity index (χ0v) is 12.2. The first-order valence-corrected chi connectivity index (χ1v) is 6.73. The number of rotatable bonds is 4. The minimum atomic E-state index is -0.370. The summed E-state index contributed by atoms with van der Waals surface area (Å²) in [4.78, 5) is 0. The van der Waals surface area contributed by atoms with E-state index in [1.54, 1.807) is 25.3 Å². The lowest BCUT2D eigenvalue weighted by molar-refractivity contribution is 0.414. The number of benzene rings is 2. The lowest BCUT2D eigenvalue weighted by Gasteiger charge is -2.14. The number of hydrogen-bond acceptors (Lipinski definition) is 2. The molecule has 0 radical (unpaired) electrons. The third-order valence-corrected chi connectivity index (χ3v) is 3.61. The predicted octanol–water partition coefficient (Wildman–Crippen LogP) is 3.84. The molecule has 2 aromatic carbocycles. The van der Waals surface area contributed by atoms with Crippen LogP contribution in [0.4, 0.5) is 4.39 Å². The number of nitrogens with two attached hydrogens (primary N) is 1. The van der Waals surface area contributed by atoms with Crippen LogP contribution in [0.15, 0.2) is 46.9 Å². The number of halogens is 2. The summed E-state index contributed by atoms with van der Waals surface area (Å²) >= 11 is 3.17. The molecule has 0 bridgehead atoms. The first-order chi connectivity index (χ1) is 9.11. The Kier molecular flexibility index (Phi) is 4.56. The lowest BCUT2D eigenvalue weighted by atomic mass is 9.99. The summed E-state index contributed by atoms with van der Waals surface area (Å²) in [7, 11) is 1.62. The molecule has 100 valence electrons. The molecule has 19 heavy (non-hydrogen) atoms. The zero-order valence-electron chi connectivity index (χ0n) is 10.6. The summed E-state index contributed by atoms with van der Waals surface area (Å²) in [6.07, 6.45) is 0.581. The van der Waals surface area contributed by atoms with E-state index >= 15 is 0 Å². The van der Waals surface area contributed by atoms with Gasteiger partial charge in [0.25, 0.3) is 0 Å². The maximum atomic E-state index is 13.9. The van der Waals surface area contributed by atoms with Crippen LogP contribution in [0.1, 0.15) is 17.2 Å². The topological polar surface area (TPSA) is 35.2 Å². The van der Waals surface area contributed by atoms with Gasteiger partial charge in [0.1, 0.15) is 11.6 Å². The van der Waals surface area contributed by atoms with Gasteiger partial charge in [0.15, 0.2) is 0 Å². The molecular weight excluding hydrogens is 309 g/mol. The highest BCUT2D eigenvalue weighted by Crippen LogP contribution is 2.25. The number of hydrogen-bond donors (Lipinski definition) is 1. The van der Waals surface area contributed by atoms with Crippen LogP contribution in [0.2, 0.25) is 0 Å². The van der Waals surface area contributed by atoms with Gasteiger partial charge < -0.3 is 10.5 Å². The van der Waals surface area contributed by atoms with Crippen molar-refractivity contribution in [2.24, 2.45) is 5.73 Å². The van der Waals surface area contributed by atoms with Crippen molar-refractivity contribution in [3.63, 3.8) is 0 Å². The van der Waals surface area contributed by atoms with E-state index < -0.39 is 0 Å². The van der Waals surface area contributed by atoms with Crippen molar-refractivity contribution in [3.05, 3.63) is 63.9 Å². The van der Waals surface area contributed by atoms with Gasteiger partial charge in [-0.2, -0.15) is 0 Å². The van der Waals surface area contributed by atoms with Gasteiger partial charge in [0.2, 0.25) is 0 Å². The Labute approximate surface area is 120 Å². The monoisotopic (exact) mass is 323 g/mol. The van der Waals surface area contributed by atoms with E-state index in [2.05, 4.69) is 15.9 Å². The molecule has 4 heteroatoms. The first kappa shape index (κ1) is 14.0. The minimum absolute atomic E-state index is 0.288. The fourth-order valence-corrected chi connectivity index (χ4v) is 2.31. The molecule has 0 spiro atoms. The molecule has 0 aliphatic carbocycles. The second-order valence-electron chi connectivity index (χ2n) is 4.30. The summed E-state index contributed by atoms with van der Waals surface area (Å²) in [6, 6.07) is 12.4. The molecule has 2 nitrogen and oxygen atoms in total. The van der Waals surface area contributed by atoms with Gasteiger partial charge in [-0.25, -0.2) is 4.39 Å².